The Kier molecular flexibility index (Phi) is 3.10. The Bertz CT molecular complexity index is 642. The minimum absolute atomic E-state index is 0.155. The van der Waals surface area contributed by atoms with Gasteiger partial charge in [-0.1, -0.05) is 12.1 Å². The second-order valence-corrected chi connectivity index (χ2v) is 4.74. The van der Waals surface area contributed by atoms with Crippen molar-refractivity contribution in [2.75, 3.05) is 29.9 Å². The highest BCUT2D eigenvalue weighted by molar-refractivity contribution is 6.08. The number of carbonyl (C=O) groups excluding carboxylic acids is 1. The Morgan fingerprint density at radius 1 is 1.15 bits per heavy atom. The molecule has 0 atom stereocenters. The van der Waals surface area contributed by atoms with Crippen LogP contribution < -0.4 is 9.80 Å². The number of benzene rings is 1. The average molecular weight is 271 g/mol. The number of likely N-dealkylation sites (N-methyl/N-ethyl adjacent to an activating group) is 1. The summed E-state index contributed by atoms with van der Waals surface area (Å²) in [6, 6.07) is 10.4. The fourth-order valence-corrected chi connectivity index (χ4v) is 2.38. The summed E-state index contributed by atoms with van der Waals surface area (Å²) < 4.78 is 12.8. The van der Waals surface area contributed by atoms with Crippen molar-refractivity contribution in [3.63, 3.8) is 0 Å². The molecule has 0 saturated carbocycles. The van der Waals surface area contributed by atoms with Crippen LogP contribution in [0.1, 0.15) is 10.4 Å². The fourth-order valence-electron chi connectivity index (χ4n) is 2.38. The van der Waals surface area contributed by atoms with Gasteiger partial charge in [0, 0.05) is 26.3 Å². The third-order valence-corrected chi connectivity index (χ3v) is 3.46. The average Bonchev–Trinajstić information content (AvgIpc) is 2.48. The molecule has 0 bridgehead atoms. The number of hydrogen-bond donors (Lipinski definition) is 0. The van der Waals surface area contributed by atoms with Gasteiger partial charge in [0.1, 0.15) is 0 Å². The summed E-state index contributed by atoms with van der Waals surface area (Å²) in [6.07, 6.45) is 1.28. The summed E-state index contributed by atoms with van der Waals surface area (Å²) in [7, 11) is 2.00. The van der Waals surface area contributed by atoms with Crippen molar-refractivity contribution >= 4 is 17.3 Å². The number of halogens is 1. The Balaban J connectivity index is 1.97. The Labute approximate surface area is 116 Å². The summed E-state index contributed by atoms with van der Waals surface area (Å²) in [5.74, 6) is -0.738. The van der Waals surface area contributed by atoms with Crippen LogP contribution in [0.4, 0.5) is 15.8 Å². The first-order valence-electron chi connectivity index (χ1n) is 6.40. The summed E-state index contributed by atoms with van der Waals surface area (Å²) in [6.45, 7) is 1.36. The molecule has 0 spiro atoms. The number of hydrogen-bond acceptors (Lipinski definition) is 3. The number of aromatic nitrogens is 1. The van der Waals surface area contributed by atoms with Crippen molar-refractivity contribution in [3.8, 4) is 0 Å². The van der Waals surface area contributed by atoms with E-state index in [2.05, 4.69) is 9.88 Å². The van der Waals surface area contributed by atoms with Crippen LogP contribution in [0.5, 0.6) is 0 Å². The van der Waals surface area contributed by atoms with Gasteiger partial charge in [-0.05, 0) is 24.3 Å². The molecule has 4 nitrogen and oxygen atoms in total. The van der Waals surface area contributed by atoms with Crippen LogP contribution in [-0.4, -0.2) is 31.0 Å². The second-order valence-electron chi connectivity index (χ2n) is 4.74. The Morgan fingerprint density at radius 3 is 2.60 bits per heavy atom. The fraction of sp³-hybridized carbons (Fsp3) is 0.200. The third-order valence-electron chi connectivity index (χ3n) is 3.46. The Morgan fingerprint density at radius 2 is 1.90 bits per heavy atom. The molecule has 1 aliphatic heterocycles. The van der Waals surface area contributed by atoms with Gasteiger partial charge in [0.05, 0.1) is 16.9 Å². The van der Waals surface area contributed by atoms with E-state index in [0.717, 1.165) is 17.9 Å². The summed E-state index contributed by atoms with van der Waals surface area (Å²) in [4.78, 5) is 19.9. The predicted molar refractivity (Wildman–Crippen MR) is 75.6 cm³/mol. The number of fused-ring (bicyclic) bond motifs is 1. The number of rotatable bonds is 1. The number of amides is 1. The molecule has 1 aliphatic rings. The molecule has 0 saturated heterocycles. The van der Waals surface area contributed by atoms with E-state index in [9.17, 15) is 9.18 Å². The molecule has 1 aromatic carbocycles. The first-order chi connectivity index (χ1) is 9.66. The van der Waals surface area contributed by atoms with E-state index in [1.54, 1.807) is 4.90 Å². The highest BCUT2D eigenvalue weighted by Gasteiger charge is 2.25. The molecule has 2 heterocycles. The van der Waals surface area contributed by atoms with Crippen LogP contribution in [0.15, 0.2) is 42.6 Å². The molecule has 0 fully saturated rings. The molecule has 20 heavy (non-hydrogen) atoms. The Hall–Kier alpha value is -2.43. The lowest BCUT2D eigenvalue weighted by Gasteiger charge is -2.35. The van der Waals surface area contributed by atoms with Gasteiger partial charge in [0.25, 0.3) is 5.91 Å². The van der Waals surface area contributed by atoms with Gasteiger partial charge in [0.2, 0.25) is 5.95 Å². The number of nitrogens with zero attached hydrogens (tertiary/aromatic N) is 3. The van der Waals surface area contributed by atoms with E-state index in [1.165, 1.54) is 18.3 Å². The highest BCUT2D eigenvalue weighted by Crippen LogP contribution is 2.32. The van der Waals surface area contributed by atoms with Crippen LogP contribution in [0.2, 0.25) is 0 Å². The van der Waals surface area contributed by atoms with E-state index in [1.807, 2.05) is 31.3 Å². The van der Waals surface area contributed by atoms with Crippen molar-refractivity contribution in [2.24, 2.45) is 0 Å². The molecule has 3 rings (SSSR count). The maximum atomic E-state index is 12.8. The van der Waals surface area contributed by atoms with Crippen molar-refractivity contribution in [1.82, 2.24) is 4.98 Å². The van der Waals surface area contributed by atoms with E-state index >= 15 is 0 Å². The molecule has 1 aromatic heterocycles. The lowest BCUT2D eigenvalue weighted by Crippen LogP contribution is -2.42. The zero-order valence-corrected chi connectivity index (χ0v) is 11.1. The van der Waals surface area contributed by atoms with E-state index in [0.29, 0.717) is 12.1 Å². The SMILES string of the molecule is CN1CCN(C(=O)c2ccc(F)nc2)c2ccccc21. The maximum absolute atomic E-state index is 12.8. The highest BCUT2D eigenvalue weighted by atomic mass is 19.1. The second kappa shape index (κ2) is 4.92. The number of anilines is 2. The van der Waals surface area contributed by atoms with Crippen LogP contribution in [0, 0.1) is 5.95 Å². The van der Waals surface area contributed by atoms with Crippen molar-refractivity contribution < 1.29 is 9.18 Å². The minimum Gasteiger partial charge on any atom is -0.371 e. The van der Waals surface area contributed by atoms with E-state index in [-0.39, 0.29) is 5.91 Å². The first kappa shape index (κ1) is 12.6. The normalized spacial score (nSPS) is 14.1. The number of carbonyl (C=O) groups is 1. The van der Waals surface area contributed by atoms with Crippen LogP contribution in [0.3, 0.4) is 0 Å². The molecular formula is C15H14FN3O. The largest absolute Gasteiger partial charge is 0.371 e. The molecule has 5 heteroatoms. The van der Waals surface area contributed by atoms with Crippen LogP contribution in [0.25, 0.3) is 0 Å². The monoisotopic (exact) mass is 271 g/mol. The molecule has 0 aliphatic carbocycles. The van der Waals surface area contributed by atoms with Crippen LogP contribution >= 0.6 is 0 Å². The topological polar surface area (TPSA) is 36.4 Å². The molecule has 0 unspecified atom stereocenters. The number of para-hydroxylation sites is 2. The van der Waals surface area contributed by atoms with Crippen molar-refractivity contribution in [1.29, 1.82) is 0 Å². The van der Waals surface area contributed by atoms with Crippen molar-refractivity contribution in [3.05, 3.63) is 54.1 Å². The summed E-state index contributed by atoms with van der Waals surface area (Å²) in [5.41, 5.74) is 2.28. The van der Waals surface area contributed by atoms with E-state index in [4.69, 9.17) is 0 Å². The van der Waals surface area contributed by atoms with Gasteiger partial charge in [-0.2, -0.15) is 4.39 Å². The number of pyridine rings is 1. The van der Waals surface area contributed by atoms with Gasteiger partial charge in [-0.15, -0.1) is 0 Å². The standard InChI is InChI=1S/C15H14FN3O/c1-18-8-9-19(13-5-3-2-4-12(13)18)15(20)11-6-7-14(16)17-10-11/h2-7,10H,8-9H2,1H3. The summed E-state index contributed by atoms with van der Waals surface area (Å²) in [5, 5.41) is 0. The zero-order valence-electron chi connectivity index (χ0n) is 11.1. The molecule has 0 radical (unpaired) electrons. The molecule has 1 amide bonds. The minimum atomic E-state index is -0.583. The van der Waals surface area contributed by atoms with Gasteiger partial charge in [0.15, 0.2) is 0 Å². The lowest BCUT2D eigenvalue weighted by atomic mass is 10.1. The summed E-state index contributed by atoms with van der Waals surface area (Å²) >= 11 is 0. The van der Waals surface area contributed by atoms with Crippen LogP contribution in [-0.2, 0) is 0 Å². The van der Waals surface area contributed by atoms with Crippen molar-refractivity contribution in [2.45, 2.75) is 0 Å². The van der Waals surface area contributed by atoms with Gasteiger partial charge >= 0.3 is 0 Å². The van der Waals surface area contributed by atoms with E-state index < -0.39 is 5.95 Å². The van der Waals surface area contributed by atoms with Gasteiger partial charge in [-0.3, -0.25) is 4.79 Å². The van der Waals surface area contributed by atoms with Gasteiger partial charge in [-0.25, -0.2) is 4.98 Å². The molecular weight excluding hydrogens is 257 g/mol. The third kappa shape index (κ3) is 2.11. The molecule has 0 N–H and O–H groups in total. The predicted octanol–water partition coefficient (Wildman–Crippen LogP) is 2.32. The molecule has 2 aromatic rings. The first-order valence-corrected chi connectivity index (χ1v) is 6.40. The molecule has 102 valence electrons. The van der Waals surface area contributed by atoms with Gasteiger partial charge < -0.3 is 9.80 Å². The quantitative estimate of drug-likeness (QED) is 0.747. The maximum Gasteiger partial charge on any atom is 0.259 e. The smallest absolute Gasteiger partial charge is 0.259 e. The zero-order chi connectivity index (χ0) is 14.1. The lowest BCUT2D eigenvalue weighted by molar-refractivity contribution is 0.0986.